The van der Waals surface area contributed by atoms with E-state index >= 15 is 0 Å². The molecular weight excluding hydrogens is 238 g/mol. The number of hydrogen-bond acceptors (Lipinski definition) is 6. The van der Waals surface area contributed by atoms with E-state index in [1.807, 2.05) is 5.38 Å². The van der Waals surface area contributed by atoms with Gasteiger partial charge in [0.05, 0.1) is 5.69 Å². The summed E-state index contributed by atoms with van der Waals surface area (Å²) < 4.78 is 0. The molecule has 2 rings (SSSR count). The molecule has 1 aromatic heterocycles. The Hall–Kier alpha value is -1.02. The maximum absolute atomic E-state index is 11.2. The first kappa shape index (κ1) is 12.4. The number of hydrazine groups is 1. The molecular formula is C10H17N5OS. The van der Waals surface area contributed by atoms with Gasteiger partial charge in [-0.2, -0.15) is 0 Å². The summed E-state index contributed by atoms with van der Waals surface area (Å²) in [6.45, 7) is 3.60. The minimum atomic E-state index is -0.331. The third-order valence-electron chi connectivity index (χ3n) is 2.97. The average molecular weight is 255 g/mol. The van der Waals surface area contributed by atoms with Gasteiger partial charge in [0.1, 0.15) is 0 Å². The lowest BCUT2D eigenvalue weighted by molar-refractivity contribution is 0.0953. The van der Waals surface area contributed by atoms with Crippen LogP contribution in [0.5, 0.6) is 0 Å². The van der Waals surface area contributed by atoms with Crippen LogP contribution in [0.2, 0.25) is 0 Å². The van der Waals surface area contributed by atoms with E-state index in [2.05, 4.69) is 15.3 Å². The van der Waals surface area contributed by atoms with E-state index in [0.717, 1.165) is 38.3 Å². The smallest absolute Gasteiger partial charge is 0.294 e. The molecule has 1 atom stereocenters. The zero-order valence-corrected chi connectivity index (χ0v) is 10.4. The van der Waals surface area contributed by atoms with Crippen molar-refractivity contribution in [2.24, 2.45) is 17.5 Å². The van der Waals surface area contributed by atoms with Crippen LogP contribution in [0.4, 0.5) is 0 Å². The quantitative estimate of drug-likeness (QED) is 0.384. The van der Waals surface area contributed by atoms with Gasteiger partial charge in [-0.3, -0.25) is 15.1 Å². The fourth-order valence-electron chi connectivity index (χ4n) is 2.02. The summed E-state index contributed by atoms with van der Waals surface area (Å²) in [6.07, 6.45) is 1.15. The number of nitrogen functional groups attached to an aromatic ring is 1. The summed E-state index contributed by atoms with van der Waals surface area (Å²) in [6, 6.07) is 0. The number of rotatable bonds is 4. The fourth-order valence-corrected chi connectivity index (χ4v) is 2.73. The first-order chi connectivity index (χ1) is 8.22. The van der Waals surface area contributed by atoms with Crippen molar-refractivity contribution >= 4 is 17.2 Å². The predicted octanol–water partition coefficient (Wildman–Crippen LogP) is -0.473. The van der Waals surface area contributed by atoms with Crippen LogP contribution in [0.3, 0.4) is 0 Å². The van der Waals surface area contributed by atoms with Gasteiger partial charge in [0, 0.05) is 18.5 Å². The first-order valence-corrected chi connectivity index (χ1v) is 6.48. The van der Waals surface area contributed by atoms with Crippen LogP contribution in [-0.4, -0.2) is 35.4 Å². The monoisotopic (exact) mass is 255 g/mol. The molecule has 5 N–H and O–H groups in total. The molecule has 1 saturated heterocycles. The van der Waals surface area contributed by atoms with Gasteiger partial charge in [0.2, 0.25) is 0 Å². The van der Waals surface area contributed by atoms with Gasteiger partial charge < -0.3 is 5.73 Å². The van der Waals surface area contributed by atoms with Crippen LogP contribution in [0.1, 0.15) is 21.9 Å². The zero-order valence-electron chi connectivity index (χ0n) is 9.56. The van der Waals surface area contributed by atoms with Crippen molar-refractivity contribution in [3.05, 3.63) is 16.1 Å². The summed E-state index contributed by atoms with van der Waals surface area (Å²) in [7, 11) is 0. The van der Waals surface area contributed by atoms with Crippen LogP contribution in [0.25, 0.3) is 0 Å². The highest BCUT2D eigenvalue weighted by molar-refractivity contribution is 7.11. The van der Waals surface area contributed by atoms with E-state index < -0.39 is 0 Å². The maximum Gasteiger partial charge on any atom is 0.294 e. The highest BCUT2D eigenvalue weighted by atomic mass is 32.1. The largest absolute Gasteiger partial charge is 0.330 e. The Labute approximate surface area is 104 Å². The fraction of sp³-hybridized carbons (Fsp3) is 0.600. The van der Waals surface area contributed by atoms with Gasteiger partial charge in [-0.25, -0.2) is 10.8 Å². The Bertz CT molecular complexity index is 394. The average Bonchev–Trinajstić information content (AvgIpc) is 2.97. The van der Waals surface area contributed by atoms with Crippen LogP contribution < -0.4 is 17.0 Å². The molecule has 0 bridgehead atoms. The number of aromatic nitrogens is 1. The Balaban J connectivity index is 1.91. The molecule has 17 heavy (non-hydrogen) atoms. The van der Waals surface area contributed by atoms with Crippen LogP contribution >= 0.6 is 11.3 Å². The molecule has 94 valence electrons. The van der Waals surface area contributed by atoms with E-state index in [4.69, 9.17) is 11.6 Å². The van der Waals surface area contributed by atoms with Crippen molar-refractivity contribution in [2.75, 3.05) is 19.6 Å². The van der Waals surface area contributed by atoms with E-state index in [1.54, 1.807) is 0 Å². The molecule has 1 aromatic rings. The minimum absolute atomic E-state index is 0.331. The third kappa shape index (κ3) is 3.01. The molecule has 1 aliphatic rings. The summed E-state index contributed by atoms with van der Waals surface area (Å²) in [5.74, 6) is 5.32. The van der Waals surface area contributed by atoms with Gasteiger partial charge in [0.15, 0.2) is 5.01 Å². The van der Waals surface area contributed by atoms with Gasteiger partial charge in [-0.1, -0.05) is 0 Å². The number of nitrogens with one attached hydrogen (secondary N) is 1. The Morgan fingerprint density at radius 1 is 1.71 bits per heavy atom. The summed E-state index contributed by atoms with van der Waals surface area (Å²) >= 11 is 1.32. The lowest BCUT2D eigenvalue weighted by Crippen LogP contribution is -2.30. The molecule has 6 nitrogen and oxygen atoms in total. The molecule has 7 heteroatoms. The van der Waals surface area contributed by atoms with Crippen molar-refractivity contribution in [1.82, 2.24) is 15.3 Å². The molecule has 1 aliphatic heterocycles. The Morgan fingerprint density at radius 3 is 3.18 bits per heavy atom. The second-order valence-electron chi connectivity index (χ2n) is 4.24. The van der Waals surface area contributed by atoms with Gasteiger partial charge >= 0.3 is 0 Å². The van der Waals surface area contributed by atoms with Gasteiger partial charge in [0.25, 0.3) is 5.91 Å². The second kappa shape index (κ2) is 5.54. The lowest BCUT2D eigenvalue weighted by atomic mass is 10.1. The van der Waals surface area contributed by atoms with E-state index in [9.17, 15) is 4.79 Å². The van der Waals surface area contributed by atoms with E-state index in [-0.39, 0.29) is 5.91 Å². The maximum atomic E-state index is 11.2. The molecule has 2 heterocycles. The topological polar surface area (TPSA) is 97.3 Å². The number of nitrogens with zero attached hydrogens (tertiary/aromatic N) is 2. The number of thiazole rings is 1. The first-order valence-electron chi connectivity index (χ1n) is 5.60. The molecule has 0 saturated carbocycles. The third-order valence-corrected chi connectivity index (χ3v) is 3.86. The summed E-state index contributed by atoms with van der Waals surface area (Å²) in [5.41, 5.74) is 8.65. The highest BCUT2D eigenvalue weighted by Gasteiger charge is 2.22. The number of amides is 1. The van der Waals surface area contributed by atoms with Crippen LogP contribution in [0, 0.1) is 5.92 Å². The van der Waals surface area contributed by atoms with E-state index in [0.29, 0.717) is 10.9 Å². The molecule has 1 amide bonds. The molecule has 0 aliphatic carbocycles. The van der Waals surface area contributed by atoms with Crippen molar-refractivity contribution in [1.29, 1.82) is 0 Å². The predicted molar refractivity (Wildman–Crippen MR) is 66.2 cm³/mol. The van der Waals surface area contributed by atoms with Crippen molar-refractivity contribution in [3.63, 3.8) is 0 Å². The Kier molecular flexibility index (Phi) is 4.06. The van der Waals surface area contributed by atoms with Gasteiger partial charge in [-0.15, -0.1) is 11.3 Å². The van der Waals surface area contributed by atoms with Crippen molar-refractivity contribution in [3.8, 4) is 0 Å². The highest BCUT2D eigenvalue weighted by Crippen LogP contribution is 2.18. The lowest BCUT2D eigenvalue weighted by Gasteiger charge is -2.13. The normalized spacial score (nSPS) is 20.7. The standard InChI is InChI=1S/C10H17N5OS/c11-3-7-1-2-15(4-7)5-8-6-17-10(13-8)9(16)14-12/h6-7H,1-5,11-12H2,(H,14,16). The zero-order chi connectivity index (χ0) is 12.3. The second-order valence-corrected chi connectivity index (χ2v) is 5.10. The summed E-state index contributed by atoms with van der Waals surface area (Å²) in [5, 5.41) is 2.32. The van der Waals surface area contributed by atoms with Crippen LogP contribution in [-0.2, 0) is 6.54 Å². The van der Waals surface area contributed by atoms with Crippen molar-refractivity contribution in [2.45, 2.75) is 13.0 Å². The number of nitrogens with two attached hydrogens (primary N) is 2. The SMILES string of the molecule is NCC1CCN(Cc2csc(C(=O)NN)n2)C1. The molecule has 0 aromatic carbocycles. The molecule has 1 fully saturated rings. The minimum Gasteiger partial charge on any atom is -0.330 e. The summed E-state index contributed by atoms with van der Waals surface area (Å²) in [4.78, 5) is 17.8. The van der Waals surface area contributed by atoms with Crippen LogP contribution in [0.15, 0.2) is 5.38 Å². The Morgan fingerprint density at radius 2 is 2.53 bits per heavy atom. The van der Waals surface area contributed by atoms with Crippen molar-refractivity contribution < 1.29 is 4.79 Å². The van der Waals surface area contributed by atoms with E-state index in [1.165, 1.54) is 11.3 Å². The number of carbonyl (C=O) groups is 1. The molecule has 1 unspecified atom stereocenters. The number of carbonyl (C=O) groups excluding carboxylic acids is 1. The molecule has 0 radical (unpaired) electrons. The molecule has 0 spiro atoms. The van der Waals surface area contributed by atoms with Gasteiger partial charge in [-0.05, 0) is 25.4 Å². The number of likely N-dealkylation sites (tertiary alicyclic amines) is 1. The number of hydrogen-bond donors (Lipinski definition) is 3.